The highest BCUT2D eigenvalue weighted by molar-refractivity contribution is 6.30. The van der Waals surface area contributed by atoms with Crippen LogP contribution in [0.3, 0.4) is 0 Å². The number of methoxy groups -OCH3 is 1. The van der Waals surface area contributed by atoms with E-state index in [9.17, 15) is 9.59 Å². The van der Waals surface area contributed by atoms with Crippen molar-refractivity contribution in [3.63, 3.8) is 0 Å². The van der Waals surface area contributed by atoms with E-state index in [-0.39, 0.29) is 6.61 Å². The van der Waals surface area contributed by atoms with Crippen LogP contribution in [0.4, 0.5) is 4.79 Å². The lowest BCUT2D eigenvalue weighted by Crippen LogP contribution is -2.42. The number of halogens is 1. The molecule has 1 saturated carbocycles. The number of benzene rings is 1. The summed E-state index contributed by atoms with van der Waals surface area (Å²) < 4.78 is 10.5. The molecule has 3 amide bonds. The Morgan fingerprint density at radius 1 is 1.24 bits per heavy atom. The summed E-state index contributed by atoms with van der Waals surface area (Å²) in [5.41, 5.74) is 1.05. The number of hydrogen-bond donors (Lipinski definition) is 2. The summed E-state index contributed by atoms with van der Waals surface area (Å²) in [5, 5.41) is 5.40. The van der Waals surface area contributed by atoms with Gasteiger partial charge in [0.15, 0.2) is 6.61 Å². The summed E-state index contributed by atoms with van der Waals surface area (Å²) in [5.74, 6) is 0.563. The van der Waals surface area contributed by atoms with Crippen LogP contribution in [0, 0.1) is 0 Å². The Bertz CT molecular complexity index is 588. The topological polar surface area (TPSA) is 76.7 Å². The highest BCUT2D eigenvalue weighted by Crippen LogP contribution is 2.38. The zero-order valence-electron chi connectivity index (χ0n) is 14.5. The first-order valence-electron chi connectivity index (χ1n) is 8.59. The van der Waals surface area contributed by atoms with Crippen molar-refractivity contribution in [3.8, 4) is 5.75 Å². The summed E-state index contributed by atoms with van der Waals surface area (Å²) >= 11 is 6.13. The maximum Gasteiger partial charge on any atom is 0.321 e. The number of hydrogen-bond acceptors (Lipinski definition) is 4. The van der Waals surface area contributed by atoms with Gasteiger partial charge >= 0.3 is 6.03 Å². The summed E-state index contributed by atoms with van der Waals surface area (Å²) in [6, 6.07) is 4.90. The number of rotatable bonds is 7. The molecule has 0 saturated heterocycles. The number of urea groups is 1. The first kappa shape index (κ1) is 19.5. The molecule has 2 N–H and O–H groups in total. The van der Waals surface area contributed by atoms with Crippen LogP contribution in [0.25, 0.3) is 0 Å². The molecule has 1 aromatic rings. The summed E-state index contributed by atoms with van der Waals surface area (Å²) in [6.45, 7) is 0.492. The van der Waals surface area contributed by atoms with Crippen LogP contribution >= 0.6 is 11.6 Å². The molecule has 2 rings (SSSR count). The zero-order valence-corrected chi connectivity index (χ0v) is 15.2. The number of carbonyl (C=O) groups is 2. The normalized spacial score (nSPS) is 14.8. The van der Waals surface area contributed by atoms with Crippen molar-refractivity contribution in [1.29, 1.82) is 0 Å². The van der Waals surface area contributed by atoms with Gasteiger partial charge in [0.2, 0.25) is 0 Å². The molecule has 0 bridgehead atoms. The molecule has 1 aliphatic rings. The molecule has 1 aliphatic carbocycles. The summed E-state index contributed by atoms with van der Waals surface area (Å²) in [6.07, 6.45) is 5.85. The van der Waals surface area contributed by atoms with Crippen molar-refractivity contribution in [2.45, 2.75) is 38.0 Å². The van der Waals surface area contributed by atoms with E-state index < -0.39 is 11.9 Å². The molecule has 0 spiro atoms. The van der Waals surface area contributed by atoms with Gasteiger partial charge in [-0.15, -0.1) is 0 Å². The third kappa shape index (κ3) is 6.55. The average molecular weight is 369 g/mol. The third-order valence-electron chi connectivity index (χ3n) is 4.22. The summed E-state index contributed by atoms with van der Waals surface area (Å²) in [7, 11) is 1.54. The Morgan fingerprint density at radius 3 is 2.72 bits per heavy atom. The van der Waals surface area contributed by atoms with Crippen LogP contribution in [0.1, 0.15) is 43.6 Å². The van der Waals surface area contributed by atoms with Gasteiger partial charge in [-0.2, -0.15) is 0 Å². The molecule has 0 heterocycles. The van der Waals surface area contributed by atoms with Crippen LogP contribution in [-0.4, -0.2) is 38.8 Å². The zero-order chi connectivity index (χ0) is 18.1. The van der Waals surface area contributed by atoms with E-state index in [2.05, 4.69) is 10.6 Å². The molecule has 0 atom stereocenters. The SMILES string of the molecule is COCCNC(=O)NC(=O)COc1ccc(Cl)cc1C1CCCCC1. The minimum Gasteiger partial charge on any atom is -0.483 e. The third-order valence-corrected chi connectivity index (χ3v) is 4.46. The number of nitrogens with one attached hydrogen (secondary N) is 2. The Balaban J connectivity index is 1.89. The number of carbonyl (C=O) groups excluding carboxylic acids is 2. The van der Waals surface area contributed by atoms with Crippen LogP contribution in [0.2, 0.25) is 5.02 Å². The molecule has 138 valence electrons. The van der Waals surface area contributed by atoms with E-state index in [4.69, 9.17) is 21.1 Å². The Hall–Kier alpha value is -1.79. The van der Waals surface area contributed by atoms with Crippen molar-refractivity contribution in [2.24, 2.45) is 0 Å². The lowest BCUT2D eigenvalue weighted by atomic mass is 9.84. The van der Waals surface area contributed by atoms with Gasteiger partial charge in [0.1, 0.15) is 5.75 Å². The van der Waals surface area contributed by atoms with Gasteiger partial charge in [0, 0.05) is 18.7 Å². The lowest BCUT2D eigenvalue weighted by Gasteiger charge is -2.24. The van der Waals surface area contributed by atoms with Gasteiger partial charge in [0.05, 0.1) is 6.61 Å². The van der Waals surface area contributed by atoms with Crippen molar-refractivity contribution in [1.82, 2.24) is 10.6 Å². The second-order valence-corrected chi connectivity index (χ2v) is 6.54. The van der Waals surface area contributed by atoms with Crippen LogP contribution < -0.4 is 15.4 Å². The maximum absolute atomic E-state index is 11.9. The van der Waals surface area contributed by atoms with Gasteiger partial charge in [-0.1, -0.05) is 30.9 Å². The van der Waals surface area contributed by atoms with Gasteiger partial charge in [-0.3, -0.25) is 10.1 Å². The van der Waals surface area contributed by atoms with Gasteiger partial charge < -0.3 is 14.8 Å². The van der Waals surface area contributed by atoms with E-state index in [0.29, 0.717) is 29.8 Å². The lowest BCUT2D eigenvalue weighted by molar-refractivity contribution is -0.122. The van der Waals surface area contributed by atoms with E-state index >= 15 is 0 Å². The highest BCUT2D eigenvalue weighted by atomic mass is 35.5. The van der Waals surface area contributed by atoms with Crippen molar-refractivity contribution < 1.29 is 19.1 Å². The molecule has 0 aromatic heterocycles. The standard InChI is InChI=1S/C18H25ClN2O4/c1-24-10-9-20-18(23)21-17(22)12-25-16-8-7-14(19)11-15(16)13-5-3-2-4-6-13/h7-8,11,13H,2-6,9-10,12H2,1H3,(H2,20,21,22,23). The monoisotopic (exact) mass is 368 g/mol. The molecule has 0 aliphatic heterocycles. The fraction of sp³-hybridized carbons (Fsp3) is 0.556. The van der Waals surface area contributed by atoms with Crippen LogP contribution in [0.5, 0.6) is 5.75 Å². The fourth-order valence-corrected chi connectivity index (χ4v) is 3.18. The Morgan fingerprint density at radius 2 is 2.00 bits per heavy atom. The van der Waals surface area contributed by atoms with Crippen LogP contribution in [-0.2, 0) is 9.53 Å². The molecule has 1 aromatic carbocycles. The molecule has 6 nitrogen and oxygen atoms in total. The predicted molar refractivity (Wildman–Crippen MR) is 96.2 cm³/mol. The number of amides is 3. The van der Waals surface area contributed by atoms with Gasteiger partial charge in [-0.05, 0) is 42.5 Å². The molecular weight excluding hydrogens is 344 g/mol. The van der Waals surface area contributed by atoms with Gasteiger partial charge in [-0.25, -0.2) is 4.79 Å². The van der Waals surface area contributed by atoms with Crippen molar-refractivity contribution >= 4 is 23.5 Å². The smallest absolute Gasteiger partial charge is 0.321 e. The fourth-order valence-electron chi connectivity index (χ4n) is 3.00. The van der Waals surface area contributed by atoms with E-state index in [0.717, 1.165) is 18.4 Å². The molecule has 0 radical (unpaired) electrons. The highest BCUT2D eigenvalue weighted by Gasteiger charge is 2.20. The van der Waals surface area contributed by atoms with E-state index in [1.54, 1.807) is 12.1 Å². The molecule has 0 unspecified atom stereocenters. The quantitative estimate of drug-likeness (QED) is 0.724. The number of imide groups is 1. The molecular formula is C18H25ClN2O4. The van der Waals surface area contributed by atoms with E-state index in [1.807, 2.05) is 6.07 Å². The minimum atomic E-state index is -0.561. The second-order valence-electron chi connectivity index (χ2n) is 6.10. The Labute approximate surface area is 153 Å². The average Bonchev–Trinajstić information content (AvgIpc) is 2.61. The van der Waals surface area contributed by atoms with Crippen molar-refractivity contribution in [3.05, 3.63) is 28.8 Å². The predicted octanol–water partition coefficient (Wildman–Crippen LogP) is 3.24. The first-order valence-corrected chi connectivity index (χ1v) is 8.97. The summed E-state index contributed by atoms with van der Waals surface area (Å²) in [4.78, 5) is 23.4. The largest absolute Gasteiger partial charge is 0.483 e. The van der Waals surface area contributed by atoms with Gasteiger partial charge in [0.25, 0.3) is 5.91 Å². The second kappa shape index (κ2) is 10.3. The number of ether oxygens (including phenoxy) is 2. The van der Waals surface area contributed by atoms with E-state index in [1.165, 1.54) is 26.4 Å². The molecule has 7 heteroatoms. The Kier molecular flexibility index (Phi) is 8.01. The van der Waals surface area contributed by atoms with Crippen LogP contribution in [0.15, 0.2) is 18.2 Å². The minimum absolute atomic E-state index is 0.223. The maximum atomic E-state index is 11.9. The van der Waals surface area contributed by atoms with Crippen molar-refractivity contribution in [2.75, 3.05) is 26.9 Å². The first-order chi connectivity index (χ1) is 12.1. The molecule has 25 heavy (non-hydrogen) atoms. The molecule has 1 fully saturated rings.